The Balaban J connectivity index is 1.84. The van der Waals surface area contributed by atoms with Crippen molar-refractivity contribution in [2.24, 2.45) is 0 Å². The summed E-state index contributed by atoms with van der Waals surface area (Å²) in [5.41, 5.74) is 1.42. The van der Waals surface area contributed by atoms with Crippen molar-refractivity contribution >= 4 is 12.0 Å². The Morgan fingerprint density at radius 2 is 1.14 bits per heavy atom. The van der Waals surface area contributed by atoms with Crippen molar-refractivity contribution in [1.82, 2.24) is 0 Å². The lowest BCUT2D eigenvalue weighted by Crippen LogP contribution is -1.94. The van der Waals surface area contributed by atoms with E-state index < -0.39 is 5.97 Å². The molecule has 0 aliphatic carbocycles. The number of hydrogen-bond donors (Lipinski definition) is 1. The van der Waals surface area contributed by atoms with Crippen molar-refractivity contribution in [2.75, 3.05) is 0 Å². The van der Waals surface area contributed by atoms with Gasteiger partial charge in [0, 0.05) is 0 Å². The van der Waals surface area contributed by atoms with E-state index in [0.29, 0.717) is 5.56 Å². The van der Waals surface area contributed by atoms with E-state index in [1.807, 2.05) is 12.1 Å². The second-order valence-electron chi connectivity index (χ2n) is 8.07. The minimum absolute atomic E-state index is 0.347. The number of benzene rings is 1. The van der Waals surface area contributed by atoms with Gasteiger partial charge in [-0.2, -0.15) is 0 Å². The number of carboxylic acids is 1. The number of allylic oxidation sites excluding steroid dienone is 1. The summed E-state index contributed by atoms with van der Waals surface area (Å²) in [6.07, 6.45) is 26.4. The predicted molar refractivity (Wildman–Crippen MR) is 122 cm³/mol. The average molecular weight is 387 g/mol. The SMILES string of the molecule is CCCCCCCCCCCCCCCCCC=Cc1ccc(C(=O)O)cc1. The van der Waals surface area contributed by atoms with Gasteiger partial charge >= 0.3 is 5.97 Å². The molecular weight excluding hydrogens is 344 g/mol. The molecule has 1 aromatic carbocycles. The molecule has 0 atom stereocenters. The summed E-state index contributed by atoms with van der Waals surface area (Å²) < 4.78 is 0. The number of carboxylic acid groups (broad SMARTS) is 1. The molecule has 2 heteroatoms. The number of carbonyl (C=O) groups is 1. The number of aromatic carboxylic acids is 1. The molecule has 0 heterocycles. The highest BCUT2D eigenvalue weighted by Crippen LogP contribution is 2.14. The van der Waals surface area contributed by atoms with Gasteiger partial charge in [-0.3, -0.25) is 0 Å². The first-order chi connectivity index (χ1) is 13.7. The van der Waals surface area contributed by atoms with E-state index in [2.05, 4.69) is 19.1 Å². The highest BCUT2D eigenvalue weighted by molar-refractivity contribution is 5.87. The summed E-state index contributed by atoms with van der Waals surface area (Å²) in [6.45, 7) is 2.28. The molecular formula is C26H42O2. The highest BCUT2D eigenvalue weighted by atomic mass is 16.4. The van der Waals surface area contributed by atoms with Crippen molar-refractivity contribution < 1.29 is 9.90 Å². The molecule has 2 nitrogen and oxygen atoms in total. The van der Waals surface area contributed by atoms with Crippen LogP contribution in [0.3, 0.4) is 0 Å². The van der Waals surface area contributed by atoms with Crippen LogP contribution in [0.1, 0.15) is 126 Å². The van der Waals surface area contributed by atoms with Gasteiger partial charge in [0.05, 0.1) is 5.56 Å². The second-order valence-corrected chi connectivity index (χ2v) is 8.07. The summed E-state index contributed by atoms with van der Waals surface area (Å²) in [5.74, 6) is -0.867. The first kappa shape index (κ1) is 24.5. The molecule has 1 aromatic rings. The van der Waals surface area contributed by atoms with Crippen LogP contribution >= 0.6 is 0 Å². The molecule has 0 spiro atoms. The zero-order valence-corrected chi connectivity index (χ0v) is 18.1. The summed E-state index contributed by atoms with van der Waals surface area (Å²) in [4.78, 5) is 10.8. The van der Waals surface area contributed by atoms with Crippen LogP contribution in [0.15, 0.2) is 30.3 Å². The quantitative estimate of drug-likeness (QED) is 0.256. The van der Waals surface area contributed by atoms with E-state index in [-0.39, 0.29) is 0 Å². The van der Waals surface area contributed by atoms with Gasteiger partial charge in [0.2, 0.25) is 0 Å². The van der Waals surface area contributed by atoms with Crippen LogP contribution in [0, 0.1) is 0 Å². The third kappa shape index (κ3) is 13.6. The lowest BCUT2D eigenvalue weighted by atomic mass is 10.0. The Labute approximate surface area is 173 Å². The lowest BCUT2D eigenvalue weighted by molar-refractivity contribution is 0.0697. The van der Waals surface area contributed by atoms with Crippen LogP contribution in [0.2, 0.25) is 0 Å². The Hall–Kier alpha value is -1.57. The lowest BCUT2D eigenvalue weighted by Gasteiger charge is -2.03. The summed E-state index contributed by atoms with van der Waals surface area (Å²) in [5, 5.41) is 8.89. The van der Waals surface area contributed by atoms with Gasteiger partial charge in [0.25, 0.3) is 0 Å². The summed E-state index contributed by atoms with van der Waals surface area (Å²) in [6, 6.07) is 7.06. The van der Waals surface area contributed by atoms with Crippen molar-refractivity contribution in [3.63, 3.8) is 0 Å². The Kier molecular flexibility index (Phi) is 15.3. The molecule has 0 aliphatic heterocycles. The fourth-order valence-electron chi connectivity index (χ4n) is 3.59. The van der Waals surface area contributed by atoms with Crippen molar-refractivity contribution in [3.8, 4) is 0 Å². The van der Waals surface area contributed by atoms with E-state index in [9.17, 15) is 4.79 Å². The number of rotatable bonds is 18. The van der Waals surface area contributed by atoms with Gasteiger partial charge in [-0.1, -0.05) is 121 Å². The third-order valence-electron chi connectivity index (χ3n) is 5.44. The number of unbranched alkanes of at least 4 members (excludes halogenated alkanes) is 15. The molecule has 0 radical (unpaired) electrons. The molecule has 0 bridgehead atoms. The van der Waals surface area contributed by atoms with Crippen LogP contribution in [-0.2, 0) is 0 Å². The molecule has 0 aromatic heterocycles. The Morgan fingerprint density at radius 1 is 0.714 bits per heavy atom. The van der Waals surface area contributed by atoms with Gasteiger partial charge < -0.3 is 5.11 Å². The zero-order valence-electron chi connectivity index (χ0n) is 18.1. The topological polar surface area (TPSA) is 37.3 Å². The van der Waals surface area contributed by atoms with E-state index >= 15 is 0 Å². The van der Waals surface area contributed by atoms with Gasteiger partial charge in [-0.15, -0.1) is 0 Å². The van der Waals surface area contributed by atoms with Crippen LogP contribution in [0.5, 0.6) is 0 Å². The minimum atomic E-state index is -0.867. The van der Waals surface area contributed by atoms with Gasteiger partial charge in [0.15, 0.2) is 0 Å². The molecule has 0 amide bonds. The van der Waals surface area contributed by atoms with Gasteiger partial charge in [-0.25, -0.2) is 4.79 Å². The van der Waals surface area contributed by atoms with Gasteiger partial charge in [-0.05, 0) is 30.5 Å². The number of hydrogen-bond acceptors (Lipinski definition) is 1. The molecule has 1 N–H and O–H groups in total. The molecule has 0 saturated heterocycles. The maximum atomic E-state index is 10.8. The normalized spacial score (nSPS) is 11.3. The van der Waals surface area contributed by atoms with Gasteiger partial charge in [0.1, 0.15) is 0 Å². The zero-order chi connectivity index (χ0) is 20.3. The molecule has 158 valence electrons. The smallest absolute Gasteiger partial charge is 0.335 e. The average Bonchev–Trinajstić information content (AvgIpc) is 2.70. The second kappa shape index (κ2) is 17.5. The molecule has 0 unspecified atom stereocenters. The first-order valence-corrected chi connectivity index (χ1v) is 11.7. The molecule has 28 heavy (non-hydrogen) atoms. The fourth-order valence-corrected chi connectivity index (χ4v) is 3.59. The summed E-state index contributed by atoms with van der Waals surface area (Å²) >= 11 is 0. The molecule has 0 fully saturated rings. The van der Waals surface area contributed by atoms with E-state index in [4.69, 9.17) is 5.11 Å². The van der Waals surface area contributed by atoms with Crippen LogP contribution < -0.4 is 0 Å². The standard InChI is InChI=1S/C26H42O2/c1-2-3-4-5-6-7-8-9-10-11-12-13-14-15-16-17-18-19-24-20-22-25(23-21-24)26(27)28/h18-23H,2-17H2,1H3,(H,27,28). The molecule has 1 rings (SSSR count). The van der Waals surface area contributed by atoms with Crippen LogP contribution in [0.25, 0.3) is 6.08 Å². The van der Waals surface area contributed by atoms with E-state index in [0.717, 1.165) is 12.0 Å². The van der Waals surface area contributed by atoms with E-state index in [1.54, 1.807) is 12.1 Å². The Morgan fingerprint density at radius 3 is 1.57 bits per heavy atom. The largest absolute Gasteiger partial charge is 0.478 e. The molecule has 0 saturated carbocycles. The summed E-state index contributed by atoms with van der Waals surface area (Å²) in [7, 11) is 0. The maximum absolute atomic E-state index is 10.8. The first-order valence-electron chi connectivity index (χ1n) is 11.7. The van der Waals surface area contributed by atoms with Crippen molar-refractivity contribution in [3.05, 3.63) is 41.5 Å². The fraction of sp³-hybridized carbons (Fsp3) is 0.654. The third-order valence-corrected chi connectivity index (χ3v) is 5.44. The Bertz CT molecular complexity index is 516. The monoisotopic (exact) mass is 386 g/mol. The van der Waals surface area contributed by atoms with Crippen molar-refractivity contribution in [2.45, 2.75) is 110 Å². The highest BCUT2D eigenvalue weighted by Gasteiger charge is 1.99. The van der Waals surface area contributed by atoms with Crippen LogP contribution in [-0.4, -0.2) is 11.1 Å². The maximum Gasteiger partial charge on any atom is 0.335 e. The molecule has 0 aliphatic rings. The predicted octanol–water partition coefficient (Wildman–Crippen LogP) is 8.66. The minimum Gasteiger partial charge on any atom is -0.478 e. The van der Waals surface area contributed by atoms with Crippen LogP contribution in [0.4, 0.5) is 0 Å². The van der Waals surface area contributed by atoms with E-state index in [1.165, 1.54) is 96.3 Å². The van der Waals surface area contributed by atoms with Crippen molar-refractivity contribution in [1.29, 1.82) is 0 Å².